The second-order valence-corrected chi connectivity index (χ2v) is 7.18. The first-order valence-corrected chi connectivity index (χ1v) is 9.40. The Hall–Kier alpha value is -3.35. The smallest absolute Gasteiger partial charge is 0.307 e. The van der Waals surface area contributed by atoms with E-state index in [-0.39, 0.29) is 31.2 Å². The molecule has 0 aliphatic carbocycles. The number of nitrogens with zero attached hydrogens (tertiary/aromatic N) is 6. The molecule has 4 heterocycles. The van der Waals surface area contributed by atoms with Crippen LogP contribution in [0.5, 0.6) is 0 Å². The van der Waals surface area contributed by atoms with Crippen LogP contribution in [-0.4, -0.2) is 68.1 Å². The molecule has 31 heavy (non-hydrogen) atoms. The van der Waals surface area contributed by atoms with E-state index in [1.165, 1.54) is 30.9 Å². The van der Waals surface area contributed by atoms with Gasteiger partial charge in [-0.1, -0.05) is 0 Å². The molecule has 2 saturated heterocycles. The summed E-state index contributed by atoms with van der Waals surface area (Å²) in [7, 11) is 0. The van der Waals surface area contributed by atoms with Crippen molar-refractivity contribution < 1.29 is 27.6 Å². The van der Waals surface area contributed by atoms with Crippen LogP contribution in [0.15, 0.2) is 30.9 Å². The van der Waals surface area contributed by atoms with Gasteiger partial charge < -0.3 is 10.6 Å². The van der Waals surface area contributed by atoms with Gasteiger partial charge in [-0.25, -0.2) is 28.2 Å². The van der Waals surface area contributed by atoms with Crippen molar-refractivity contribution in [3.05, 3.63) is 42.2 Å². The second-order valence-electron chi connectivity index (χ2n) is 7.18. The topological polar surface area (TPSA) is 127 Å². The molecule has 2 aromatic heterocycles. The highest BCUT2D eigenvalue weighted by molar-refractivity contribution is 5.91. The highest BCUT2D eigenvalue weighted by Gasteiger charge is 2.65. The number of amides is 2. The Kier molecular flexibility index (Phi) is 5.21. The zero-order chi connectivity index (χ0) is 22.2. The van der Waals surface area contributed by atoms with Crippen LogP contribution in [0.4, 0.5) is 19.1 Å². The first-order valence-electron chi connectivity index (χ1n) is 9.40. The van der Waals surface area contributed by atoms with E-state index in [0.29, 0.717) is 10.8 Å². The summed E-state index contributed by atoms with van der Waals surface area (Å²) in [6.45, 7) is -1.40. The number of rotatable bonds is 4. The van der Waals surface area contributed by atoms with E-state index in [9.17, 15) is 18.4 Å². The van der Waals surface area contributed by atoms with Crippen LogP contribution in [0.25, 0.3) is 0 Å². The predicted octanol–water partition coefficient (Wildman–Crippen LogP) is 0.824. The summed E-state index contributed by atoms with van der Waals surface area (Å²) in [6.07, 6.45) is 4.79. The quantitative estimate of drug-likeness (QED) is 0.745. The highest BCUT2D eigenvalue weighted by atomic mass is 19.3. The largest absolute Gasteiger partial charge is 0.364 e. The van der Waals surface area contributed by atoms with Crippen molar-refractivity contribution in [2.75, 3.05) is 24.6 Å². The molecular formula is C18H18F3N7O3. The molecule has 2 aliphatic heterocycles. The van der Waals surface area contributed by atoms with Crippen molar-refractivity contribution in [1.82, 2.24) is 25.0 Å². The number of piperidine rings is 1. The monoisotopic (exact) mass is 437 g/mol. The van der Waals surface area contributed by atoms with Gasteiger partial charge in [-0.15, -0.1) is 0 Å². The standard InChI is InChI=1S/C18H18F3N7O3/c19-17(15(30)28-13(2-8-31-28)12-9-23-5-6-24-12)3-7-27(10-18(17,20)21)16-25-4-1-11(26-16)14(22)29/h1,4-6,9,13H,2-3,7-8,10H2,(H2,22,29)/t13-,17?/m0/s1. The molecule has 0 radical (unpaired) electrons. The van der Waals surface area contributed by atoms with Crippen molar-refractivity contribution in [1.29, 1.82) is 0 Å². The van der Waals surface area contributed by atoms with E-state index in [1.807, 2.05) is 0 Å². The Morgan fingerprint density at radius 2 is 2.00 bits per heavy atom. The molecule has 0 spiro atoms. The van der Waals surface area contributed by atoms with E-state index < -0.39 is 42.4 Å². The van der Waals surface area contributed by atoms with Gasteiger partial charge in [0.05, 0.1) is 25.0 Å². The van der Waals surface area contributed by atoms with Gasteiger partial charge in [-0.3, -0.25) is 24.4 Å². The maximum atomic E-state index is 15.6. The molecule has 0 saturated carbocycles. The molecule has 2 fully saturated rings. The first-order chi connectivity index (χ1) is 14.7. The lowest BCUT2D eigenvalue weighted by molar-refractivity contribution is -0.217. The van der Waals surface area contributed by atoms with E-state index in [1.54, 1.807) is 0 Å². The molecule has 2 amide bonds. The average molecular weight is 437 g/mol. The molecule has 2 aromatic rings. The summed E-state index contributed by atoms with van der Waals surface area (Å²) in [5.74, 6) is -6.63. The third kappa shape index (κ3) is 3.65. The maximum Gasteiger partial charge on any atom is 0.307 e. The number of halogens is 3. The van der Waals surface area contributed by atoms with Crippen molar-refractivity contribution >= 4 is 17.8 Å². The van der Waals surface area contributed by atoms with Gasteiger partial charge in [0, 0.05) is 38.0 Å². The maximum absolute atomic E-state index is 15.6. The van der Waals surface area contributed by atoms with Crippen LogP contribution in [0, 0.1) is 0 Å². The molecule has 1 unspecified atom stereocenters. The third-order valence-electron chi connectivity index (χ3n) is 5.24. The number of alkyl halides is 3. The van der Waals surface area contributed by atoms with E-state index in [2.05, 4.69) is 19.9 Å². The Balaban J connectivity index is 1.56. The van der Waals surface area contributed by atoms with Crippen LogP contribution in [-0.2, 0) is 9.63 Å². The summed E-state index contributed by atoms with van der Waals surface area (Å²) in [6, 6.07) is 0.409. The minimum Gasteiger partial charge on any atom is -0.364 e. The Morgan fingerprint density at radius 1 is 1.19 bits per heavy atom. The lowest BCUT2D eigenvalue weighted by Crippen LogP contribution is -2.64. The lowest BCUT2D eigenvalue weighted by Gasteiger charge is -2.42. The Labute approximate surface area is 174 Å². The number of nitrogens with two attached hydrogens (primary N) is 1. The zero-order valence-electron chi connectivity index (χ0n) is 16.1. The number of hydroxylamine groups is 2. The summed E-state index contributed by atoms with van der Waals surface area (Å²) in [5.41, 5.74) is 1.79. The summed E-state index contributed by atoms with van der Waals surface area (Å²) in [4.78, 5) is 46.0. The Morgan fingerprint density at radius 3 is 2.68 bits per heavy atom. The molecular weight excluding hydrogens is 419 g/mol. The molecule has 0 bridgehead atoms. The minimum absolute atomic E-state index is 0.0501. The van der Waals surface area contributed by atoms with Gasteiger partial charge in [0.1, 0.15) is 11.7 Å². The van der Waals surface area contributed by atoms with Crippen LogP contribution in [0.2, 0.25) is 0 Å². The SMILES string of the molecule is NC(=O)c1ccnc(N2CCC(F)(C(=O)N3OCC[C@H]3c3cnccn3)C(F)(F)C2)n1. The van der Waals surface area contributed by atoms with Crippen LogP contribution < -0.4 is 10.6 Å². The number of hydrogen-bond acceptors (Lipinski definition) is 8. The van der Waals surface area contributed by atoms with Crippen molar-refractivity contribution in [3.8, 4) is 0 Å². The molecule has 164 valence electrons. The molecule has 10 nitrogen and oxygen atoms in total. The molecule has 2 N–H and O–H groups in total. The number of primary amides is 1. The number of aromatic nitrogens is 4. The molecule has 2 aliphatic rings. The van der Waals surface area contributed by atoms with E-state index in [4.69, 9.17) is 10.6 Å². The molecule has 2 atom stereocenters. The van der Waals surface area contributed by atoms with Gasteiger partial charge in [0.15, 0.2) is 0 Å². The van der Waals surface area contributed by atoms with Gasteiger partial charge in [0.25, 0.3) is 17.5 Å². The normalized spacial score (nSPS) is 25.5. The number of hydrogen-bond donors (Lipinski definition) is 1. The summed E-state index contributed by atoms with van der Waals surface area (Å²) >= 11 is 0. The fourth-order valence-corrected chi connectivity index (χ4v) is 3.58. The van der Waals surface area contributed by atoms with E-state index >= 15 is 4.39 Å². The lowest BCUT2D eigenvalue weighted by atomic mass is 9.88. The van der Waals surface area contributed by atoms with Crippen LogP contribution >= 0.6 is 0 Å². The van der Waals surface area contributed by atoms with Crippen LogP contribution in [0.3, 0.4) is 0 Å². The van der Waals surface area contributed by atoms with Gasteiger partial charge in [0.2, 0.25) is 5.95 Å². The number of carbonyl (C=O) groups is 2. The van der Waals surface area contributed by atoms with Crippen LogP contribution in [0.1, 0.15) is 35.1 Å². The average Bonchev–Trinajstić information content (AvgIpc) is 3.25. The first kappa shape index (κ1) is 20.9. The van der Waals surface area contributed by atoms with Crippen molar-refractivity contribution in [2.24, 2.45) is 5.73 Å². The minimum atomic E-state index is -4.09. The summed E-state index contributed by atoms with van der Waals surface area (Å²) in [5, 5.41) is 0.637. The summed E-state index contributed by atoms with van der Waals surface area (Å²) < 4.78 is 45.6. The fourth-order valence-electron chi connectivity index (χ4n) is 3.58. The van der Waals surface area contributed by atoms with Gasteiger partial charge in [-0.05, 0) is 6.07 Å². The Bertz CT molecular complexity index is 996. The number of carbonyl (C=O) groups excluding carboxylic acids is 2. The fraction of sp³-hybridized carbons (Fsp3) is 0.444. The van der Waals surface area contributed by atoms with Crippen molar-refractivity contribution in [2.45, 2.75) is 30.5 Å². The number of anilines is 1. The van der Waals surface area contributed by atoms with Gasteiger partial charge >= 0.3 is 5.92 Å². The second kappa shape index (κ2) is 7.72. The third-order valence-corrected chi connectivity index (χ3v) is 5.24. The predicted molar refractivity (Wildman–Crippen MR) is 98.4 cm³/mol. The zero-order valence-corrected chi connectivity index (χ0v) is 16.1. The highest BCUT2D eigenvalue weighted by Crippen LogP contribution is 2.44. The molecule has 0 aromatic carbocycles. The van der Waals surface area contributed by atoms with Gasteiger partial charge in [-0.2, -0.15) is 0 Å². The molecule has 13 heteroatoms. The van der Waals surface area contributed by atoms with Crippen molar-refractivity contribution in [3.63, 3.8) is 0 Å². The molecule has 4 rings (SSSR count). The van der Waals surface area contributed by atoms with E-state index in [0.717, 1.165) is 4.90 Å².